The summed E-state index contributed by atoms with van der Waals surface area (Å²) >= 11 is 12.2. The van der Waals surface area contributed by atoms with Crippen LogP contribution in [-0.4, -0.2) is 65.4 Å². The Balaban J connectivity index is 1.46. The van der Waals surface area contributed by atoms with Crippen LogP contribution in [0.2, 0.25) is 10.0 Å². The van der Waals surface area contributed by atoms with E-state index in [2.05, 4.69) is 14.5 Å². The number of fused-ring (bicyclic) bond motifs is 1. The van der Waals surface area contributed by atoms with Crippen LogP contribution in [0.15, 0.2) is 48.8 Å². The highest BCUT2D eigenvalue weighted by atomic mass is 35.5. The summed E-state index contributed by atoms with van der Waals surface area (Å²) in [6.45, 7) is -0.736. The Kier molecular flexibility index (Phi) is 8.40. The number of nitrogens with zero attached hydrogens (tertiary/aromatic N) is 4. The van der Waals surface area contributed by atoms with Gasteiger partial charge >= 0.3 is 19.4 Å². The van der Waals surface area contributed by atoms with Gasteiger partial charge in [0.05, 0.1) is 28.8 Å². The number of phosphoric ester groups is 1. The zero-order chi connectivity index (χ0) is 30.3. The number of benzene rings is 2. The number of carbonyl (C=O) groups is 1. The number of carbonyl (C=O) groups excluding carboxylic acids is 1. The van der Waals surface area contributed by atoms with E-state index in [4.69, 9.17) is 48.2 Å². The Labute approximate surface area is 246 Å². The third-order valence-electron chi connectivity index (χ3n) is 6.29. The first-order valence-corrected chi connectivity index (χ1v) is 14.3. The van der Waals surface area contributed by atoms with Crippen LogP contribution in [0.3, 0.4) is 0 Å². The van der Waals surface area contributed by atoms with Crippen molar-refractivity contribution in [2.75, 3.05) is 12.3 Å². The highest BCUT2D eigenvalue weighted by Gasteiger charge is 2.47. The highest BCUT2D eigenvalue weighted by Crippen LogP contribution is 2.38. The van der Waals surface area contributed by atoms with Crippen LogP contribution in [0.1, 0.15) is 22.1 Å². The lowest BCUT2D eigenvalue weighted by Crippen LogP contribution is -2.46. The van der Waals surface area contributed by atoms with Crippen molar-refractivity contribution in [3.63, 3.8) is 0 Å². The van der Waals surface area contributed by atoms with E-state index in [0.29, 0.717) is 5.56 Å². The summed E-state index contributed by atoms with van der Waals surface area (Å²) in [5, 5.41) is 34.3. The molecule has 5 rings (SSSR count). The van der Waals surface area contributed by atoms with Gasteiger partial charge in [-0.15, -0.1) is 0 Å². The number of aliphatic hydroxyl groups is 2. The molecule has 1 aliphatic heterocycles. The van der Waals surface area contributed by atoms with Crippen LogP contribution in [0.5, 0.6) is 11.6 Å². The normalized spacial score (nSPS) is 20.7. The van der Waals surface area contributed by atoms with Gasteiger partial charge in [0.2, 0.25) is 6.23 Å². The lowest BCUT2D eigenvalue weighted by molar-refractivity contribution is -0.745. The summed E-state index contributed by atoms with van der Waals surface area (Å²) in [5.41, 5.74) is 6.30. The number of halogens is 2. The minimum atomic E-state index is -4.89. The molecular weight excluding hydrogens is 620 g/mol. The van der Waals surface area contributed by atoms with Crippen LogP contribution in [0.4, 0.5) is 5.95 Å². The molecule has 3 heterocycles. The highest BCUT2D eigenvalue weighted by molar-refractivity contribution is 7.46. The second kappa shape index (κ2) is 11.7. The van der Waals surface area contributed by atoms with Crippen LogP contribution < -0.4 is 20.1 Å². The molecule has 0 radical (unpaired) electrons. The molecule has 0 spiro atoms. The predicted octanol–water partition coefficient (Wildman–Crippen LogP) is 0.677. The number of imidazole rings is 1. The maximum Gasteiger partial charge on any atom is 0.469 e. The number of para-hydroxylation sites is 1. The fourth-order valence-corrected chi connectivity index (χ4v) is 5.25. The third-order valence-corrected chi connectivity index (χ3v) is 7.37. The second-order valence-corrected chi connectivity index (χ2v) is 11.2. The first-order chi connectivity index (χ1) is 19.8. The van der Waals surface area contributed by atoms with E-state index in [1.165, 1.54) is 39.7 Å². The number of nitrogen functional groups attached to an aromatic ring is 1. The van der Waals surface area contributed by atoms with Crippen LogP contribution in [0.25, 0.3) is 11.2 Å². The molecule has 4 aromatic rings. The summed E-state index contributed by atoms with van der Waals surface area (Å²) in [7, 11) is -4.89. The SMILES string of the molecule is Nc1nc([O-])c2c(n1)[n+]([C@H]1O[C@@H](COP(=O)(O)O)[C@H](O)[C@@H]1O)cn2Cc1cccc(C(=O)Oc2c(Cl)cccc2Cl)c1. The van der Waals surface area contributed by atoms with Gasteiger partial charge in [0, 0.05) is 5.88 Å². The van der Waals surface area contributed by atoms with Crippen molar-refractivity contribution >= 4 is 54.1 Å². The van der Waals surface area contributed by atoms with E-state index in [1.807, 2.05) is 0 Å². The predicted molar refractivity (Wildman–Crippen MR) is 142 cm³/mol. The third kappa shape index (κ3) is 6.20. The number of esters is 1. The number of rotatable bonds is 8. The topological polar surface area (TPSA) is 226 Å². The molecule has 6 N–H and O–H groups in total. The van der Waals surface area contributed by atoms with E-state index in [1.54, 1.807) is 18.2 Å². The number of hydrogen-bond donors (Lipinski definition) is 5. The molecule has 0 aliphatic carbocycles. The molecule has 0 unspecified atom stereocenters. The fourth-order valence-electron chi connectivity index (χ4n) is 4.43. The van der Waals surface area contributed by atoms with Gasteiger partial charge in [-0.25, -0.2) is 18.9 Å². The van der Waals surface area contributed by atoms with E-state index in [0.717, 1.165) is 0 Å². The van der Waals surface area contributed by atoms with Crippen molar-refractivity contribution in [3.05, 3.63) is 70.0 Å². The number of phosphoric acid groups is 1. The standard InChI is InChI=1S/C24H22Cl2N5O10P/c25-13-5-2-6-14(26)19(13)41-23(35)12-4-1-3-11(7-12)8-30-10-31(20-16(30)21(34)29-24(27)28-20)22-18(33)17(32)15(40-22)9-39-42(36,37)38/h1-7,10,15,17-18,22,32-33H,8-9H2,(H4-,27,28,29,34,36,37,38)/t15-,17-,18-,22-/m0/s1. The zero-order valence-corrected chi connectivity index (χ0v) is 23.6. The van der Waals surface area contributed by atoms with Crippen molar-refractivity contribution in [1.29, 1.82) is 0 Å². The average Bonchev–Trinajstić information content (AvgIpc) is 3.41. The van der Waals surface area contributed by atoms with E-state index >= 15 is 0 Å². The number of aliphatic hydroxyl groups excluding tert-OH is 2. The molecular formula is C24H22Cl2N5O10P. The lowest BCUT2D eigenvalue weighted by Gasteiger charge is -2.14. The number of aromatic nitrogens is 4. The molecule has 0 bridgehead atoms. The molecule has 222 valence electrons. The van der Waals surface area contributed by atoms with Crippen LogP contribution in [-0.2, 0) is 20.4 Å². The fraction of sp³-hybridized carbons (Fsp3) is 0.250. The Bertz CT molecular complexity index is 1700. The molecule has 18 heteroatoms. The van der Waals surface area contributed by atoms with Gasteiger partial charge in [-0.3, -0.25) is 9.09 Å². The summed E-state index contributed by atoms with van der Waals surface area (Å²) in [5.74, 6) is -1.85. The Morgan fingerprint density at radius 2 is 1.83 bits per heavy atom. The Hall–Kier alpha value is -3.37. The average molecular weight is 642 g/mol. The van der Waals surface area contributed by atoms with Crippen LogP contribution in [0, 0.1) is 0 Å². The van der Waals surface area contributed by atoms with E-state index < -0.39 is 50.8 Å². The van der Waals surface area contributed by atoms with Gasteiger partial charge in [0.15, 0.2) is 17.6 Å². The zero-order valence-electron chi connectivity index (χ0n) is 21.2. The molecule has 0 saturated carbocycles. The quantitative estimate of drug-likeness (QED) is 0.0772. The molecule has 1 fully saturated rings. The van der Waals surface area contributed by atoms with Gasteiger partial charge in [-0.2, -0.15) is 0 Å². The molecule has 1 saturated heterocycles. The van der Waals surface area contributed by atoms with Crippen molar-refractivity contribution in [2.45, 2.75) is 31.1 Å². The maximum absolute atomic E-state index is 12.9. The summed E-state index contributed by atoms with van der Waals surface area (Å²) < 4.78 is 29.2. The molecule has 4 atom stereocenters. The molecule has 1 aliphatic rings. The Morgan fingerprint density at radius 1 is 1.14 bits per heavy atom. The number of ether oxygens (including phenoxy) is 2. The molecule has 42 heavy (non-hydrogen) atoms. The van der Waals surface area contributed by atoms with Gasteiger partial charge in [0.25, 0.3) is 5.95 Å². The van der Waals surface area contributed by atoms with E-state index in [-0.39, 0.29) is 45.0 Å². The van der Waals surface area contributed by atoms with Crippen LogP contribution >= 0.6 is 31.0 Å². The molecule has 0 amide bonds. The van der Waals surface area contributed by atoms with Gasteiger partial charge in [-0.05, 0) is 29.8 Å². The largest absolute Gasteiger partial charge is 0.856 e. The summed E-state index contributed by atoms with van der Waals surface area (Å²) in [6, 6.07) is 10.9. The van der Waals surface area contributed by atoms with Gasteiger partial charge in [0.1, 0.15) is 18.3 Å². The molecule has 2 aromatic heterocycles. The van der Waals surface area contributed by atoms with Gasteiger partial charge < -0.3 is 40.3 Å². The van der Waals surface area contributed by atoms with Crippen molar-refractivity contribution in [3.8, 4) is 11.6 Å². The number of anilines is 1. The smallest absolute Gasteiger partial charge is 0.469 e. The maximum atomic E-state index is 12.9. The van der Waals surface area contributed by atoms with Crippen molar-refractivity contribution in [1.82, 2.24) is 14.5 Å². The second-order valence-electron chi connectivity index (χ2n) is 9.18. The Morgan fingerprint density at radius 3 is 2.52 bits per heavy atom. The first kappa shape index (κ1) is 30.1. The summed E-state index contributed by atoms with van der Waals surface area (Å²) in [4.78, 5) is 38.6. The number of nitrogens with two attached hydrogens (primary N) is 1. The lowest BCUT2D eigenvalue weighted by atomic mass is 10.1. The van der Waals surface area contributed by atoms with E-state index in [9.17, 15) is 24.7 Å². The monoisotopic (exact) mass is 641 g/mol. The molecule has 15 nitrogen and oxygen atoms in total. The minimum absolute atomic E-state index is 0.00113. The van der Waals surface area contributed by atoms with Gasteiger partial charge in [-0.1, -0.05) is 46.4 Å². The summed E-state index contributed by atoms with van der Waals surface area (Å²) in [6.07, 6.45) is -4.54. The van der Waals surface area contributed by atoms with Crippen molar-refractivity contribution in [2.24, 2.45) is 0 Å². The minimum Gasteiger partial charge on any atom is -0.856 e. The van der Waals surface area contributed by atoms with Crippen molar-refractivity contribution < 1.29 is 53.0 Å². The molecule has 2 aromatic carbocycles. The number of hydrogen-bond acceptors (Lipinski definition) is 11. The first-order valence-electron chi connectivity index (χ1n) is 12.0.